The molecule has 0 aliphatic heterocycles. The zero-order chi connectivity index (χ0) is 15.2. The Balaban J connectivity index is 2.09. The lowest BCUT2D eigenvalue weighted by atomic mass is 10.1. The summed E-state index contributed by atoms with van der Waals surface area (Å²) in [6.45, 7) is 0. The van der Waals surface area contributed by atoms with Crippen molar-refractivity contribution in [1.29, 1.82) is 0 Å². The maximum atomic E-state index is 12.1. The Labute approximate surface area is 130 Å². The van der Waals surface area contributed by atoms with Gasteiger partial charge in [-0.1, -0.05) is 30.3 Å². The molecule has 1 heterocycles. The fourth-order valence-corrected chi connectivity index (χ4v) is 2.26. The maximum Gasteiger partial charge on any atom is 0.328 e. The van der Waals surface area contributed by atoms with Crippen molar-refractivity contribution in [2.24, 2.45) is 0 Å². The van der Waals surface area contributed by atoms with Gasteiger partial charge in [0.2, 0.25) is 0 Å². The predicted molar refractivity (Wildman–Crippen MR) is 81.9 cm³/mol. The van der Waals surface area contributed by atoms with Gasteiger partial charge < -0.3 is 15.0 Å². The van der Waals surface area contributed by atoms with Crippen molar-refractivity contribution in [3.05, 3.63) is 58.3 Å². The first-order valence-corrected chi connectivity index (χ1v) is 7.16. The first kappa shape index (κ1) is 15.3. The molecule has 0 radical (unpaired) electrons. The normalized spacial score (nSPS) is 11.7. The van der Waals surface area contributed by atoms with Crippen LogP contribution in [0.2, 0.25) is 0 Å². The number of aromatic amines is 1. The summed E-state index contributed by atoms with van der Waals surface area (Å²) in [6.07, 6.45) is 2.03. The molecule has 0 aliphatic rings. The predicted octanol–water partition coefficient (Wildman–Crippen LogP) is 2.29. The van der Waals surface area contributed by atoms with Crippen LogP contribution in [0, 0.1) is 0 Å². The van der Waals surface area contributed by atoms with Gasteiger partial charge in [0.25, 0.3) is 5.91 Å². The second-order valence-electron chi connectivity index (χ2n) is 4.47. The number of hydrogen-bond donors (Lipinski definition) is 2. The smallest absolute Gasteiger partial charge is 0.328 e. The van der Waals surface area contributed by atoms with E-state index in [4.69, 9.17) is 4.74 Å². The van der Waals surface area contributed by atoms with Crippen molar-refractivity contribution in [1.82, 2.24) is 10.3 Å². The second-order valence-corrected chi connectivity index (χ2v) is 5.39. The Hall–Kier alpha value is -2.08. The van der Waals surface area contributed by atoms with E-state index in [1.807, 2.05) is 30.3 Å². The molecule has 1 aromatic heterocycles. The highest BCUT2D eigenvalue weighted by atomic mass is 79.9. The number of nitrogens with one attached hydrogen (secondary N) is 2. The van der Waals surface area contributed by atoms with Crippen LogP contribution in [0.4, 0.5) is 0 Å². The van der Waals surface area contributed by atoms with E-state index in [1.165, 1.54) is 7.11 Å². The fraction of sp³-hybridized carbons (Fsp3) is 0.200. The molecule has 2 rings (SSSR count). The summed E-state index contributed by atoms with van der Waals surface area (Å²) in [5.74, 6) is -0.829. The number of H-pyrrole nitrogens is 1. The Morgan fingerprint density at radius 2 is 2.05 bits per heavy atom. The molecule has 1 atom stereocenters. The molecule has 2 N–H and O–H groups in total. The van der Waals surface area contributed by atoms with Crippen molar-refractivity contribution >= 4 is 27.8 Å². The number of carbonyl (C=O) groups is 2. The van der Waals surface area contributed by atoms with Crippen LogP contribution in [0.25, 0.3) is 0 Å². The second kappa shape index (κ2) is 7.08. The zero-order valence-corrected chi connectivity index (χ0v) is 13.0. The van der Waals surface area contributed by atoms with Crippen LogP contribution >= 0.6 is 15.9 Å². The lowest BCUT2D eigenvalue weighted by molar-refractivity contribution is -0.142. The molecule has 6 heteroatoms. The number of carbonyl (C=O) groups excluding carboxylic acids is 2. The third-order valence-corrected chi connectivity index (χ3v) is 3.42. The molecule has 0 spiro atoms. The van der Waals surface area contributed by atoms with Gasteiger partial charge in [0.1, 0.15) is 11.7 Å². The quantitative estimate of drug-likeness (QED) is 0.812. The molecule has 0 bridgehead atoms. The lowest BCUT2D eigenvalue weighted by Crippen LogP contribution is -2.43. The third kappa shape index (κ3) is 4.19. The summed E-state index contributed by atoms with van der Waals surface area (Å²) in [6, 6.07) is 10.4. The first-order chi connectivity index (χ1) is 10.1. The van der Waals surface area contributed by atoms with Crippen molar-refractivity contribution in [3.63, 3.8) is 0 Å². The molecule has 1 unspecified atom stereocenters. The van der Waals surface area contributed by atoms with Crippen LogP contribution in [0.15, 0.2) is 47.1 Å². The topological polar surface area (TPSA) is 71.2 Å². The summed E-state index contributed by atoms with van der Waals surface area (Å²) in [4.78, 5) is 26.8. The van der Waals surface area contributed by atoms with Crippen LogP contribution in [0.5, 0.6) is 0 Å². The van der Waals surface area contributed by atoms with E-state index in [9.17, 15) is 9.59 Å². The van der Waals surface area contributed by atoms with Gasteiger partial charge in [-0.15, -0.1) is 0 Å². The van der Waals surface area contributed by atoms with E-state index in [2.05, 4.69) is 26.2 Å². The van der Waals surface area contributed by atoms with Gasteiger partial charge in [0, 0.05) is 17.1 Å². The Morgan fingerprint density at radius 3 is 2.62 bits per heavy atom. The SMILES string of the molecule is COC(=O)C(Cc1ccccc1)NC(=O)c1cc(Br)c[nH]1. The first-order valence-electron chi connectivity index (χ1n) is 6.36. The Kier molecular flexibility index (Phi) is 5.16. The summed E-state index contributed by atoms with van der Waals surface area (Å²) >= 11 is 3.26. The summed E-state index contributed by atoms with van der Waals surface area (Å²) in [5, 5.41) is 2.68. The van der Waals surface area contributed by atoms with Gasteiger partial charge in [-0.2, -0.15) is 0 Å². The molecule has 0 saturated carbocycles. The minimum Gasteiger partial charge on any atom is -0.467 e. The van der Waals surface area contributed by atoms with Gasteiger partial charge in [-0.25, -0.2) is 4.79 Å². The van der Waals surface area contributed by atoms with E-state index in [1.54, 1.807) is 12.3 Å². The molecule has 1 aromatic carbocycles. The van der Waals surface area contributed by atoms with E-state index in [0.717, 1.165) is 10.0 Å². The monoisotopic (exact) mass is 350 g/mol. The van der Waals surface area contributed by atoms with Gasteiger partial charge in [-0.3, -0.25) is 4.79 Å². The van der Waals surface area contributed by atoms with Crippen LogP contribution in [-0.2, 0) is 16.0 Å². The van der Waals surface area contributed by atoms with Gasteiger partial charge in [0.05, 0.1) is 7.11 Å². The van der Waals surface area contributed by atoms with Crippen molar-refractivity contribution in [2.75, 3.05) is 7.11 Å². The summed E-state index contributed by atoms with van der Waals surface area (Å²) in [5.41, 5.74) is 1.32. The average Bonchev–Trinajstić information content (AvgIpc) is 2.93. The highest BCUT2D eigenvalue weighted by Crippen LogP contribution is 2.11. The molecule has 110 valence electrons. The van der Waals surface area contributed by atoms with Crippen LogP contribution in [0.1, 0.15) is 16.1 Å². The molecule has 0 aliphatic carbocycles. The summed E-state index contributed by atoms with van der Waals surface area (Å²) < 4.78 is 5.52. The number of esters is 1. The molecular weight excluding hydrogens is 336 g/mol. The molecule has 5 nitrogen and oxygen atoms in total. The number of aromatic nitrogens is 1. The molecule has 1 amide bonds. The van der Waals surface area contributed by atoms with Gasteiger partial charge in [0.15, 0.2) is 0 Å². The maximum absolute atomic E-state index is 12.1. The molecule has 2 aromatic rings. The van der Waals surface area contributed by atoms with Crippen LogP contribution < -0.4 is 5.32 Å². The minimum atomic E-state index is -0.730. The number of benzene rings is 1. The molecule has 0 fully saturated rings. The molecule has 0 saturated heterocycles. The molecule has 21 heavy (non-hydrogen) atoms. The van der Waals surface area contributed by atoms with E-state index >= 15 is 0 Å². The fourth-order valence-electron chi connectivity index (χ4n) is 1.92. The van der Waals surface area contributed by atoms with Crippen LogP contribution in [-0.4, -0.2) is 30.0 Å². The van der Waals surface area contributed by atoms with Crippen molar-refractivity contribution < 1.29 is 14.3 Å². The average molecular weight is 351 g/mol. The van der Waals surface area contributed by atoms with Gasteiger partial charge in [-0.05, 0) is 27.6 Å². The highest BCUT2D eigenvalue weighted by Gasteiger charge is 2.23. The zero-order valence-electron chi connectivity index (χ0n) is 11.4. The van der Waals surface area contributed by atoms with E-state index in [-0.39, 0.29) is 5.91 Å². The summed E-state index contributed by atoms with van der Waals surface area (Å²) in [7, 11) is 1.30. The highest BCUT2D eigenvalue weighted by molar-refractivity contribution is 9.10. The minimum absolute atomic E-state index is 0.355. The number of amides is 1. The van der Waals surface area contributed by atoms with Gasteiger partial charge >= 0.3 is 5.97 Å². The Morgan fingerprint density at radius 1 is 1.33 bits per heavy atom. The van der Waals surface area contributed by atoms with E-state index < -0.39 is 12.0 Å². The number of halogens is 1. The standard InChI is InChI=1S/C15H15BrN2O3/c1-21-15(20)13(7-10-5-3-2-4-6-10)18-14(19)12-8-11(16)9-17-12/h2-6,8-9,13,17H,7H2,1H3,(H,18,19). The van der Waals surface area contributed by atoms with Crippen molar-refractivity contribution in [2.45, 2.75) is 12.5 Å². The molecular formula is C15H15BrN2O3. The van der Waals surface area contributed by atoms with E-state index in [0.29, 0.717) is 12.1 Å². The third-order valence-electron chi connectivity index (χ3n) is 2.97. The number of rotatable bonds is 5. The lowest BCUT2D eigenvalue weighted by Gasteiger charge is -2.16. The number of hydrogen-bond acceptors (Lipinski definition) is 3. The Bertz CT molecular complexity index is 625. The largest absolute Gasteiger partial charge is 0.467 e. The van der Waals surface area contributed by atoms with Crippen molar-refractivity contribution in [3.8, 4) is 0 Å². The number of ether oxygens (including phenoxy) is 1. The van der Waals surface area contributed by atoms with Crippen LogP contribution in [0.3, 0.4) is 0 Å². The number of methoxy groups -OCH3 is 1.